The summed E-state index contributed by atoms with van der Waals surface area (Å²) in [5.74, 6) is -0.920. The fourth-order valence-corrected chi connectivity index (χ4v) is 1.89. The van der Waals surface area contributed by atoms with Gasteiger partial charge in [-0.2, -0.15) is 5.10 Å². The molecule has 2 rings (SSSR count). The monoisotopic (exact) mass is 244 g/mol. The molecule has 4 nitrogen and oxygen atoms in total. The van der Waals surface area contributed by atoms with Gasteiger partial charge in [-0.3, -0.25) is 4.68 Å². The van der Waals surface area contributed by atoms with Crippen LogP contribution in [0, 0.1) is 0 Å². The maximum Gasteiger partial charge on any atom is 0.355 e. The molecule has 1 aliphatic rings. The van der Waals surface area contributed by atoms with Crippen LogP contribution in [0.2, 0.25) is 0 Å². The summed E-state index contributed by atoms with van der Waals surface area (Å²) in [4.78, 5) is 10.9. The first kappa shape index (κ1) is 8.74. The van der Waals surface area contributed by atoms with Crippen molar-refractivity contribution < 1.29 is 9.90 Å². The standard InChI is InChI=1S/C8H9BrN2O2/c9-6-4-10-11(5-2-1-3-5)7(6)8(12)13/h4-5H,1-3H2,(H,12,13). The van der Waals surface area contributed by atoms with E-state index in [-0.39, 0.29) is 11.7 Å². The van der Waals surface area contributed by atoms with Crippen molar-refractivity contribution >= 4 is 21.9 Å². The van der Waals surface area contributed by atoms with Gasteiger partial charge < -0.3 is 5.11 Å². The molecule has 1 aliphatic carbocycles. The van der Waals surface area contributed by atoms with Gasteiger partial charge in [0.25, 0.3) is 0 Å². The summed E-state index contributed by atoms with van der Waals surface area (Å²) in [5, 5.41) is 13.0. The molecule has 13 heavy (non-hydrogen) atoms. The van der Waals surface area contributed by atoms with E-state index < -0.39 is 5.97 Å². The van der Waals surface area contributed by atoms with Crippen LogP contribution in [0.3, 0.4) is 0 Å². The minimum atomic E-state index is -0.920. The van der Waals surface area contributed by atoms with Crippen molar-refractivity contribution in [3.05, 3.63) is 16.4 Å². The smallest absolute Gasteiger partial charge is 0.355 e. The normalized spacial score (nSPS) is 17.0. The van der Waals surface area contributed by atoms with Gasteiger partial charge in [0.1, 0.15) is 0 Å². The number of hydrogen-bond donors (Lipinski definition) is 1. The molecule has 1 aromatic heterocycles. The third kappa shape index (κ3) is 1.37. The second kappa shape index (κ2) is 3.14. The number of carboxylic acids is 1. The zero-order valence-corrected chi connectivity index (χ0v) is 8.49. The van der Waals surface area contributed by atoms with E-state index in [1.165, 1.54) is 6.42 Å². The number of hydrogen-bond acceptors (Lipinski definition) is 2. The first-order valence-electron chi connectivity index (χ1n) is 4.16. The summed E-state index contributed by atoms with van der Waals surface area (Å²) < 4.78 is 2.17. The molecule has 0 saturated heterocycles. The number of aromatic carboxylic acids is 1. The van der Waals surface area contributed by atoms with E-state index in [9.17, 15) is 4.79 Å². The summed E-state index contributed by atoms with van der Waals surface area (Å²) in [6, 6.07) is 0.289. The van der Waals surface area contributed by atoms with Crippen LogP contribution < -0.4 is 0 Å². The highest BCUT2D eigenvalue weighted by Gasteiger charge is 2.26. The zero-order chi connectivity index (χ0) is 9.42. The van der Waals surface area contributed by atoms with Crippen LogP contribution in [0.25, 0.3) is 0 Å². The van der Waals surface area contributed by atoms with Gasteiger partial charge >= 0.3 is 5.97 Å². The predicted octanol–water partition coefficient (Wildman–Crippen LogP) is 2.07. The Morgan fingerprint density at radius 1 is 1.69 bits per heavy atom. The van der Waals surface area contributed by atoms with Gasteiger partial charge in [-0.05, 0) is 35.2 Å². The molecule has 1 aromatic rings. The Labute approximate surface area is 83.7 Å². The van der Waals surface area contributed by atoms with Crippen LogP contribution in [0.5, 0.6) is 0 Å². The molecule has 0 bridgehead atoms. The van der Waals surface area contributed by atoms with Crippen LogP contribution in [-0.2, 0) is 0 Å². The van der Waals surface area contributed by atoms with E-state index in [1.54, 1.807) is 10.9 Å². The summed E-state index contributed by atoms with van der Waals surface area (Å²) >= 11 is 3.18. The third-order valence-electron chi connectivity index (χ3n) is 2.37. The first-order valence-corrected chi connectivity index (χ1v) is 4.95. The molecule has 0 aromatic carbocycles. The Hall–Kier alpha value is -0.840. The summed E-state index contributed by atoms with van der Waals surface area (Å²) in [6.45, 7) is 0. The van der Waals surface area contributed by atoms with Crippen molar-refractivity contribution in [2.24, 2.45) is 0 Å². The lowest BCUT2D eigenvalue weighted by Gasteiger charge is -2.26. The van der Waals surface area contributed by atoms with E-state index in [4.69, 9.17) is 5.11 Å². The Morgan fingerprint density at radius 3 is 2.85 bits per heavy atom. The van der Waals surface area contributed by atoms with Gasteiger partial charge in [-0.15, -0.1) is 0 Å². The average molecular weight is 245 g/mol. The van der Waals surface area contributed by atoms with E-state index in [2.05, 4.69) is 21.0 Å². The average Bonchev–Trinajstić information content (AvgIpc) is 2.28. The van der Waals surface area contributed by atoms with E-state index in [1.807, 2.05) is 0 Å². The second-order valence-corrected chi connectivity index (χ2v) is 4.03. The number of halogens is 1. The van der Waals surface area contributed by atoms with Crippen LogP contribution in [-0.4, -0.2) is 20.9 Å². The van der Waals surface area contributed by atoms with Crippen molar-refractivity contribution in [1.82, 2.24) is 9.78 Å². The topological polar surface area (TPSA) is 55.1 Å². The Morgan fingerprint density at radius 2 is 2.38 bits per heavy atom. The summed E-state index contributed by atoms with van der Waals surface area (Å²) in [6.07, 6.45) is 4.78. The molecule has 0 unspecified atom stereocenters. The van der Waals surface area contributed by atoms with Crippen LogP contribution in [0.4, 0.5) is 0 Å². The fraction of sp³-hybridized carbons (Fsp3) is 0.500. The molecule has 0 atom stereocenters. The molecule has 5 heteroatoms. The van der Waals surface area contributed by atoms with Crippen LogP contribution in [0.1, 0.15) is 35.8 Å². The van der Waals surface area contributed by atoms with Gasteiger partial charge in [0.15, 0.2) is 5.69 Å². The Bertz CT molecular complexity index is 344. The molecular formula is C8H9BrN2O2. The second-order valence-electron chi connectivity index (χ2n) is 3.18. The highest BCUT2D eigenvalue weighted by atomic mass is 79.9. The molecule has 0 aliphatic heterocycles. The lowest BCUT2D eigenvalue weighted by molar-refractivity contribution is 0.0674. The highest BCUT2D eigenvalue weighted by molar-refractivity contribution is 9.10. The highest BCUT2D eigenvalue weighted by Crippen LogP contribution is 2.33. The predicted molar refractivity (Wildman–Crippen MR) is 49.8 cm³/mol. The Kier molecular flexibility index (Phi) is 2.11. The number of carbonyl (C=O) groups is 1. The molecule has 70 valence electrons. The fourth-order valence-electron chi connectivity index (χ4n) is 1.45. The van der Waals surface area contributed by atoms with E-state index >= 15 is 0 Å². The quantitative estimate of drug-likeness (QED) is 0.867. The minimum absolute atomic E-state index is 0.268. The van der Waals surface area contributed by atoms with Gasteiger partial charge in [0, 0.05) is 0 Å². The van der Waals surface area contributed by atoms with Gasteiger partial charge in [-0.25, -0.2) is 4.79 Å². The van der Waals surface area contributed by atoms with Crippen molar-refractivity contribution in [2.45, 2.75) is 25.3 Å². The molecule has 1 fully saturated rings. The summed E-state index contributed by atoms with van der Waals surface area (Å²) in [5.41, 5.74) is 0.268. The molecule has 0 spiro atoms. The van der Waals surface area contributed by atoms with Gasteiger partial charge in [0.05, 0.1) is 16.7 Å². The third-order valence-corrected chi connectivity index (χ3v) is 2.95. The molecule has 1 heterocycles. The van der Waals surface area contributed by atoms with Crippen molar-refractivity contribution in [2.75, 3.05) is 0 Å². The summed E-state index contributed by atoms with van der Waals surface area (Å²) in [7, 11) is 0. The molecule has 1 N–H and O–H groups in total. The van der Waals surface area contributed by atoms with Crippen LogP contribution in [0.15, 0.2) is 10.7 Å². The lowest BCUT2D eigenvalue weighted by atomic mass is 9.93. The minimum Gasteiger partial charge on any atom is -0.476 e. The lowest BCUT2D eigenvalue weighted by Crippen LogP contribution is -2.22. The number of nitrogens with zero attached hydrogens (tertiary/aromatic N) is 2. The van der Waals surface area contributed by atoms with Crippen molar-refractivity contribution in [3.8, 4) is 0 Å². The molecular weight excluding hydrogens is 236 g/mol. The molecule has 1 saturated carbocycles. The van der Waals surface area contributed by atoms with Crippen LogP contribution >= 0.6 is 15.9 Å². The molecule has 0 amide bonds. The van der Waals surface area contributed by atoms with Crippen molar-refractivity contribution in [1.29, 1.82) is 0 Å². The number of carboxylic acid groups (broad SMARTS) is 1. The SMILES string of the molecule is O=C(O)c1c(Br)cnn1C1CCC1. The van der Waals surface area contributed by atoms with Gasteiger partial charge in [0.2, 0.25) is 0 Å². The van der Waals surface area contributed by atoms with E-state index in [0.29, 0.717) is 4.47 Å². The maximum atomic E-state index is 10.9. The zero-order valence-electron chi connectivity index (χ0n) is 6.90. The van der Waals surface area contributed by atoms with Gasteiger partial charge in [-0.1, -0.05) is 0 Å². The largest absolute Gasteiger partial charge is 0.476 e. The van der Waals surface area contributed by atoms with E-state index in [0.717, 1.165) is 12.8 Å². The molecule has 0 radical (unpaired) electrons. The number of rotatable bonds is 2. The van der Waals surface area contributed by atoms with Crippen molar-refractivity contribution in [3.63, 3.8) is 0 Å². The Balaban J connectivity index is 2.38. The maximum absolute atomic E-state index is 10.9. The first-order chi connectivity index (χ1) is 6.20. The number of aromatic nitrogens is 2.